The zero-order valence-electron chi connectivity index (χ0n) is 13.6. The van der Waals surface area contributed by atoms with E-state index in [1.165, 1.54) is 0 Å². The topological polar surface area (TPSA) is 82.5 Å². The molecule has 2 N–H and O–H groups in total. The van der Waals surface area contributed by atoms with Crippen molar-refractivity contribution in [2.75, 3.05) is 11.9 Å². The number of anilines is 1. The van der Waals surface area contributed by atoms with E-state index >= 15 is 0 Å². The second-order valence-electron chi connectivity index (χ2n) is 5.80. The van der Waals surface area contributed by atoms with Crippen molar-refractivity contribution in [3.63, 3.8) is 0 Å². The van der Waals surface area contributed by atoms with E-state index in [1.54, 1.807) is 41.4 Å². The van der Waals surface area contributed by atoms with Gasteiger partial charge in [-0.05, 0) is 37.6 Å². The summed E-state index contributed by atoms with van der Waals surface area (Å²) >= 11 is 0. The summed E-state index contributed by atoms with van der Waals surface area (Å²) in [7, 11) is 0. The predicted octanol–water partition coefficient (Wildman–Crippen LogP) is 2.93. The van der Waals surface area contributed by atoms with Gasteiger partial charge in [0, 0.05) is 29.9 Å². The molecule has 0 saturated heterocycles. The molecular weight excluding hydrogens is 306 g/mol. The SMILES string of the molecule is CCN1Cc2c(ccnc2N[C@@H](C)c2ccc(C(=O)O)cc2)C1=O. The van der Waals surface area contributed by atoms with E-state index in [9.17, 15) is 9.59 Å². The molecule has 1 aliphatic heterocycles. The van der Waals surface area contributed by atoms with Crippen molar-refractivity contribution in [3.8, 4) is 0 Å². The molecule has 2 heterocycles. The lowest BCUT2D eigenvalue weighted by atomic mass is 10.1. The minimum atomic E-state index is -0.942. The number of carboxylic acids is 1. The Labute approximate surface area is 140 Å². The summed E-state index contributed by atoms with van der Waals surface area (Å²) < 4.78 is 0. The highest BCUT2D eigenvalue weighted by molar-refractivity contribution is 5.99. The van der Waals surface area contributed by atoms with Gasteiger partial charge in [-0.1, -0.05) is 12.1 Å². The van der Waals surface area contributed by atoms with Crippen LogP contribution in [-0.4, -0.2) is 33.4 Å². The van der Waals surface area contributed by atoms with Gasteiger partial charge in [-0.3, -0.25) is 4.79 Å². The summed E-state index contributed by atoms with van der Waals surface area (Å²) in [6.07, 6.45) is 1.64. The van der Waals surface area contributed by atoms with Crippen LogP contribution in [0.15, 0.2) is 36.5 Å². The average molecular weight is 325 g/mol. The molecule has 1 aromatic heterocycles. The summed E-state index contributed by atoms with van der Waals surface area (Å²) in [5.41, 5.74) is 2.83. The number of nitrogens with one attached hydrogen (secondary N) is 1. The number of carboxylic acid groups (broad SMARTS) is 1. The number of carbonyl (C=O) groups excluding carboxylic acids is 1. The number of hydrogen-bond acceptors (Lipinski definition) is 4. The minimum absolute atomic E-state index is 0.0383. The Morgan fingerprint density at radius 1 is 1.33 bits per heavy atom. The summed E-state index contributed by atoms with van der Waals surface area (Å²) in [5.74, 6) is -0.203. The van der Waals surface area contributed by atoms with Crippen molar-refractivity contribution in [3.05, 3.63) is 58.8 Å². The first-order valence-electron chi connectivity index (χ1n) is 7.88. The third-order valence-electron chi connectivity index (χ3n) is 4.31. The highest BCUT2D eigenvalue weighted by Gasteiger charge is 2.29. The maximum Gasteiger partial charge on any atom is 0.335 e. The van der Waals surface area contributed by atoms with Gasteiger partial charge in [0.25, 0.3) is 5.91 Å². The molecule has 0 bridgehead atoms. The van der Waals surface area contributed by atoms with Crippen LogP contribution in [0, 0.1) is 0 Å². The Morgan fingerprint density at radius 3 is 2.67 bits per heavy atom. The van der Waals surface area contributed by atoms with Crippen molar-refractivity contribution in [1.82, 2.24) is 9.88 Å². The second-order valence-corrected chi connectivity index (χ2v) is 5.80. The van der Waals surface area contributed by atoms with Crippen molar-refractivity contribution >= 4 is 17.7 Å². The molecule has 1 atom stereocenters. The van der Waals surface area contributed by atoms with Crippen LogP contribution < -0.4 is 5.32 Å². The van der Waals surface area contributed by atoms with Crippen molar-refractivity contribution < 1.29 is 14.7 Å². The summed E-state index contributed by atoms with van der Waals surface area (Å²) in [4.78, 5) is 29.3. The number of nitrogens with zero attached hydrogens (tertiary/aromatic N) is 2. The fourth-order valence-corrected chi connectivity index (χ4v) is 2.87. The van der Waals surface area contributed by atoms with Crippen LogP contribution in [0.2, 0.25) is 0 Å². The summed E-state index contributed by atoms with van der Waals surface area (Å²) in [6.45, 7) is 5.16. The van der Waals surface area contributed by atoms with E-state index < -0.39 is 5.97 Å². The van der Waals surface area contributed by atoms with Crippen molar-refractivity contribution in [1.29, 1.82) is 0 Å². The van der Waals surface area contributed by atoms with E-state index in [1.807, 2.05) is 13.8 Å². The summed E-state index contributed by atoms with van der Waals surface area (Å²) in [5, 5.41) is 12.3. The molecule has 0 fully saturated rings. The van der Waals surface area contributed by atoms with Crippen LogP contribution in [0.25, 0.3) is 0 Å². The van der Waals surface area contributed by atoms with E-state index in [4.69, 9.17) is 5.11 Å². The molecule has 2 aromatic rings. The van der Waals surface area contributed by atoms with Crippen LogP contribution in [0.1, 0.15) is 51.7 Å². The molecule has 0 spiro atoms. The number of carbonyl (C=O) groups is 2. The lowest BCUT2D eigenvalue weighted by Gasteiger charge is -2.17. The van der Waals surface area contributed by atoms with Crippen molar-refractivity contribution in [2.45, 2.75) is 26.4 Å². The number of fused-ring (bicyclic) bond motifs is 1. The lowest BCUT2D eigenvalue weighted by Crippen LogP contribution is -2.22. The number of amides is 1. The Kier molecular flexibility index (Phi) is 4.20. The van der Waals surface area contributed by atoms with Gasteiger partial charge in [-0.15, -0.1) is 0 Å². The van der Waals surface area contributed by atoms with Crippen molar-refractivity contribution in [2.24, 2.45) is 0 Å². The Hall–Kier alpha value is -2.89. The van der Waals surface area contributed by atoms with Crippen LogP contribution in [-0.2, 0) is 6.54 Å². The molecule has 0 aliphatic carbocycles. The number of hydrogen-bond donors (Lipinski definition) is 2. The minimum Gasteiger partial charge on any atom is -0.478 e. The van der Waals surface area contributed by atoms with Crippen LogP contribution in [0.5, 0.6) is 0 Å². The monoisotopic (exact) mass is 325 g/mol. The van der Waals surface area contributed by atoms with E-state index in [-0.39, 0.29) is 17.5 Å². The third kappa shape index (κ3) is 2.82. The standard InChI is InChI=1S/C18H19N3O3/c1-3-21-10-15-14(17(21)22)8-9-19-16(15)20-11(2)12-4-6-13(7-5-12)18(23)24/h4-9,11H,3,10H2,1-2H3,(H,19,20)(H,23,24)/t11-/m0/s1. The Morgan fingerprint density at radius 2 is 2.04 bits per heavy atom. The highest BCUT2D eigenvalue weighted by atomic mass is 16.4. The molecule has 124 valence electrons. The molecule has 6 nitrogen and oxygen atoms in total. The number of benzene rings is 1. The molecular formula is C18H19N3O3. The van der Waals surface area contributed by atoms with Gasteiger partial charge >= 0.3 is 5.97 Å². The molecule has 1 amide bonds. The largest absolute Gasteiger partial charge is 0.478 e. The second kappa shape index (κ2) is 6.31. The van der Waals surface area contributed by atoms with E-state index in [0.29, 0.717) is 24.5 Å². The van der Waals surface area contributed by atoms with Gasteiger partial charge < -0.3 is 15.3 Å². The third-order valence-corrected chi connectivity index (χ3v) is 4.31. The first-order valence-corrected chi connectivity index (χ1v) is 7.88. The van der Waals surface area contributed by atoms with Gasteiger partial charge in [0.1, 0.15) is 5.82 Å². The smallest absolute Gasteiger partial charge is 0.335 e. The molecule has 24 heavy (non-hydrogen) atoms. The number of aromatic nitrogens is 1. The predicted molar refractivity (Wildman–Crippen MR) is 90.1 cm³/mol. The molecule has 6 heteroatoms. The van der Waals surface area contributed by atoms with E-state index in [0.717, 1.165) is 11.1 Å². The quantitative estimate of drug-likeness (QED) is 0.883. The van der Waals surface area contributed by atoms with Crippen LogP contribution in [0.3, 0.4) is 0 Å². The molecule has 0 saturated carbocycles. The molecule has 3 rings (SSSR count). The molecule has 0 radical (unpaired) electrons. The van der Waals surface area contributed by atoms with Gasteiger partial charge in [-0.25, -0.2) is 9.78 Å². The first kappa shape index (κ1) is 16.0. The van der Waals surface area contributed by atoms with Gasteiger partial charge in [0.15, 0.2) is 0 Å². The Bertz CT molecular complexity index is 787. The number of rotatable bonds is 5. The molecule has 0 unspecified atom stereocenters. The zero-order valence-corrected chi connectivity index (χ0v) is 13.6. The van der Waals surface area contributed by atoms with Crippen LogP contribution in [0.4, 0.5) is 5.82 Å². The Balaban J connectivity index is 1.82. The first-order chi connectivity index (χ1) is 11.5. The number of aromatic carboxylic acids is 1. The number of pyridine rings is 1. The fraction of sp³-hybridized carbons (Fsp3) is 0.278. The van der Waals surface area contributed by atoms with Gasteiger partial charge in [0.05, 0.1) is 12.1 Å². The summed E-state index contributed by atoms with van der Waals surface area (Å²) in [6, 6.07) is 8.44. The van der Waals surface area contributed by atoms with E-state index in [2.05, 4.69) is 10.3 Å². The van der Waals surface area contributed by atoms with Crippen LogP contribution >= 0.6 is 0 Å². The normalized spacial score (nSPS) is 14.4. The maximum absolute atomic E-state index is 12.3. The maximum atomic E-state index is 12.3. The lowest BCUT2D eigenvalue weighted by molar-refractivity contribution is 0.0696. The van der Waals surface area contributed by atoms with Gasteiger partial charge in [-0.2, -0.15) is 0 Å². The van der Waals surface area contributed by atoms with Gasteiger partial charge in [0.2, 0.25) is 0 Å². The molecule has 1 aliphatic rings. The fourth-order valence-electron chi connectivity index (χ4n) is 2.87. The highest BCUT2D eigenvalue weighted by Crippen LogP contribution is 2.29. The molecule has 1 aromatic carbocycles. The zero-order chi connectivity index (χ0) is 17.3. The average Bonchev–Trinajstić information content (AvgIpc) is 2.92.